The first-order chi connectivity index (χ1) is 13.0. The van der Waals surface area contributed by atoms with Gasteiger partial charge in [0.1, 0.15) is 0 Å². The molecule has 4 nitrogen and oxygen atoms in total. The first-order valence-electron chi connectivity index (χ1n) is 9.62. The minimum Gasteiger partial charge on any atom is -0.398 e. The lowest BCUT2D eigenvalue weighted by molar-refractivity contribution is 0.101. The second-order valence-corrected chi connectivity index (χ2v) is 9.44. The molecule has 0 amide bonds. The van der Waals surface area contributed by atoms with Crippen molar-refractivity contribution in [2.45, 2.75) is 50.3 Å². The van der Waals surface area contributed by atoms with Crippen molar-refractivity contribution >= 4 is 31.1 Å². The lowest BCUT2D eigenvalue weighted by Gasteiger charge is -2.29. The highest BCUT2D eigenvalue weighted by Crippen LogP contribution is 2.36. The summed E-state index contributed by atoms with van der Waals surface area (Å²) in [6.07, 6.45) is 5.26. The van der Waals surface area contributed by atoms with Gasteiger partial charge in [0.25, 0.3) is 0 Å². The zero-order chi connectivity index (χ0) is 19.0. The van der Waals surface area contributed by atoms with Crippen molar-refractivity contribution in [3.63, 3.8) is 0 Å². The van der Waals surface area contributed by atoms with E-state index >= 15 is 0 Å². The van der Waals surface area contributed by atoms with Gasteiger partial charge in [-0.25, -0.2) is 0 Å². The van der Waals surface area contributed by atoms with Crippen LogP contribution in [0, 0.1) is 5.41 Å². The number of carbonyl (C=O) groups is 1. The summed E-state index contributed by atoms with van der Waals surface area (Å²) in [4.78, 5) is 11.6. The van der Waals surface area contributed by atoms with Gasteiger partial charge in [0.05, 0.1) is 5.71 Å². The van der Waals surface area contributed by atoms with Crippen molar-refractivity contribution in [2.75, 3.05) is 5.73 Å². The third-order valence-electron chi connectivity index (χ3n) is 5.75. The van der Waals surface area contributed by atoms with E-state index in [9.17, 15) is 4.79 Å². The third kappa shape index (κ3) is 3.97. The molecule has 0 aromatic heterocycles. The molecule has 4 N–H and O–H groups in total. The van der Waals surface area contributed by atoms with Crippen molar-refractivity contribution < 1.29 is 4.79 Å². The second-order valence-electron chi connectivity index (χ2n) is 7.76. The van der Waals surface area contributed by atoms with Gasteiger partial charge in [-0.05, 0) is 61.8 Å². The molecule has 0 saturated carbocycles. The number of fused-ring (bicyclic) bond motifs is 2. The van der Waals surface area contributed by atoms with Crippen LogP contribution in [0.5, 0.6) is 0 Å². The highest BCUT2D eigenvalue weighted by molar-refractivity contribution is 7.48. The maximum atomic E-state index is 11.6. The molecule has 0 aliphatic carbocycles. The molecular weight excluding hydrogens is 353 g/mol. The van der Waals surface area contributed by atoms with Gasteiger partial charge in [0.2, 0.25) is 0 Å². The lowest BCUT2D eigenvalue weighted by atomic mass is 9.98. The van der Waals surface area contributed by atoms with Crippen LogP contribution in [-0.4, -0.2) is 29.2 Å². The molecule has 27 heavy (non-hydrogen) atoms. The first kappa shape index (κ1) is 18.3. The van der Waals surface area contributed by atoms with E-state index in [0.717, 1.165) is 31.9 Å². The van der Waals surface area contributed by atoms with Crippen LogP contribution < -0.4 is 16.4 Å². The number of nitrogens with two attached hydrogens (primary N) is 1. The first-order valence-corrected chi connectivity index (χ1v) is 10.7. The molecule has 2 bridgehead atoms. The predicted molar refractivity (Wildman–Crippen MR) is 114 cm³/mol. The van der Waals surface area contributed by atoms with Gasteiger partial charge in [0, 0.05) is 34.5 Å². The van der Waals surface area contributed by atoms with Crippen LogP contribution in [0.25, 0.3) is 0 Å². The van der Waals surface area contributed by atoms with Crippen LogP contribution in [0.1, 0.15) is 54.1 Å². The third-order valence-corrected chi connectivity index (χ3v) is 7.29. The van der Waals surface area contributed by atoms with E-state index in [1.807, 2.05) is 12.1 Å². The average Bonchev–Trinajstić information content (AvgIpc) is 3.00. The molecule has 2 aliphatic heterocycles. The van der Waals surface area contributed by atoms with E-state index in [2.05, 4.69) is 17.4 Å². The number of hydrogen-bond donors (Lipinski definition) is 3. The fourth-order valence-corrected chi connectivity index (χ4v) is 5.93. The van der Waals surface area contributed by atoms with Gasteiger partial charge in [-0.15, -0.1) is 0 Å². The summed E-state index contributed by atoms with van der Waals surface area (Å²) in [6, 6.07) is 14.9. The fraction of sp³-hybridized carbons (Fsp3) is 0.364. The highest BCUT2D eigenvalue weighted by Gasteiger charge is 2.33. The number of Topliss-reactive ketones (excluding diaryl/α,β-unsaturated/α-hetero) is 1. The zero-order valence-corrected chi connectivity index (χ0v) is 16.6. The van der Waals surface area contributed by atoms with Gasteiger partial charge >= 0.3 is 0 Å². The molecular formula is C22H26N3OP. The van der Waals surface area contributed by atoms with Gasteiger partial charge in [-0.2, -0.15) is 0 Å². The Bertz CT molecular complexity index is 866. The molecule has 0 radical (unpaired) electrons. The normalized spacial score (nSPS) is 24.4. The minimum atomic E-state index is -0.0171. The lowest BCUT2D eigenvalue weighted by Crippen LogP contribution is -2.39. The monoisotopic (exact) mass is 379 g/mol. The van der Waals surface area contributed by atoms with Crippen molar-refractivity contribution in [1.29, 1.82) is 5.41 Å². The Labute approximate surface area is 162 Å². The van der Waals surface area contributed by atoms with Crippen molar-refractivity contribution in [2.24, 2.45) is 0 Å². The number of benzene rings is 2. The van der Waals surface area contributed by atoms with E-state index < -0.39 is 0 Å². The summed E-state index contributed by atoms with van der Waals surface area (Å²) >= 11 is 0. The molecule has 2 heterocycles. The number of piperidine rings is 1. The Morgan fingerprint density at radius 2 is 1.70 bits per heavy atom. The molecule has 5 heteroatoms. The highest BCUT2D eigenvalue weighted by atomic mass is 31.1. The van der Waals surface area contributed by atoms with Crippen molar-refractivity contribution in [1.82, 2.24) is 5.32 Å². The van der Waals surface area contributed by atoms with E-state index in [-0.39, 0.29) is 5.78 Å². The molecule has 2 aliphatic rings. The Balaban J connectivity index is 1.48. The Morgan fingerprint density at radius 1 is 1.07 bits per heavy atom. The molecule has 3 atom stereocenters. The van der Waals surface area contributed by atoms with Crippen LogP contribution in [0.3, 0.4) is 0 Å². The zero-order valence-electron chi connectivity index (χ0n) is 15.6. The topological polar surface area (TPSA) is 79.0 Å². The summed E-state index contributed by atoms with van der Waals surface area (Å²) < 4.78 is 0. The molecule has 4 rings (SSSR count). The number of carbonyl (C=O) groups excluding carboxylic acids is 1. The number of nitrogen functional groups attached to an aromatic ring is 1. The Kier molecular flexibility index (Phi) is 5.12. The Hall–Kier alpha value is -2.03. The molecule has 3 unspecified atom stereocenters. The molecule has 2 aromatic carbocycles. The van der Waals surface area contributed by atoms with Crippen molar-refractivity contribution in [3.05, 3.63) is 59.2 Å². The van der Waals surface area contributed by atoms with Crippen LogP contribution in [-0.2, 0) is 0 Å². The summed E-state index contributed by atoms with van der Waals surface area (Å²) in [5.41, 5.74) is 9.78. The van der Waals surface area contributed by atoms with Crippen LogP contribution >= 0.6 is 8.58 Å². The number of nitrogens with one attached hydrogen (secondary N) is 2. The van der Waals surface area contributed by atoms with Gasteiger partial charge in [-0.3, -0.25) is 10.2 Å². The second kappa shape index (κ2) is 7.53. The molecule has 2 aromatic rings. The number of hydrogen-bond acceptors (Lipinski definition) is 4. The molecule has 2 saturated heterocycles. The molecule has 2 fully saturated rings. The standard InChI is InChI=1S/C22H26N3OP/c1-13(26)15-4-9-21(23)20(10-15)22(24)14-2-7-18(8-3-14)27-19-11-16-5-6-17(12-19)25-16/h2-4,7-10,16-17,19,24-25,27H,5-6,11-12,23H2,1H3. The largest absolute Gasteiger partial charge is 0.398 e. The summed E-state index contributed by atoms with van der Waals surface area (Å²) in [5, 5.41) is 13.6. The Morgan fingerprint density at radius 3 is 2.33 bits per heavy atom. The number of ketones is 1. The van der Waals surface area contributed by atoms with Crippen molar-refractivity contribution in [3.8, 4) is 0 Å². The van der Waals surface area contributed by atoms with Crippen LogP contribution in [0.4, 0.5) is 5.69 Å². The molecule has 140 valence electrons. The maximum Gasteiger partial charge on any atom is 0.159 e. The average molecular weight is 379 g/mol. The molecule has 0 spiro atoms. The number of anilines is 1. The van der Waals surface area contributed by atoms with Gasteiger partial charge in [0.15, 0.2) is 5.78 Å². The fourth-order valence-electron chi connectivity index (χ4n) is 4.29. The summed E-state index contributed by atoms with van der Waals surface area (Å²) in [5.74, 6) is -0.0171. The van der Waals surface area contributed by atoms with E-state index in [1.165, 1.54) is 37.9 Å². The van der Waals surface area contributed by atoms with E-state index in [0.29, 0.717) is 22.5 Å². The SMILES string of the molecule is CC(=O)c1ccc(N)c(C(=N)c2ccc(PC3CC4CCC(C3)N4)cc2)c1. The van der Waals surface area contributed by atoms with E-state index in [1.54, 1.807) is 18.2 Å². The number of rotatable bonds is 5. The maximum absolute atomic E-state index is 11.6. The van der Waals surface area contributed by atoms with E-state index in [4.69, 9.17) is 11.1 Å². The van der Waals surface area contributed by atoms with Crippen LogP contribution in [0.2, 0.25) is 0 Å². The summed E-state index contributed by atoms with van der Waals surface area (Å²) in [7, 11) is 0.834. The summed E-state index contributed by atoms with van der Waals surface area (Å²) in [6.45, 7) is 1.53. The smallest absolute Gasteiger partial charge is 0.159 e. The predicted octanol–water partition coefficient (Wildman–Crippen LogP) is 3.47. The minimum absolute atomic E-state index is 0.0171. The quantitative estimate of drug-likeness (QED) is 0.322. The van der Waals surface area contributed by atoms with Crippen LogP contribution in [0.15, 0.2) is 42.5 Å². The van der Waals surface area contributed by atoms with Gasteiger partial charge < -0.3 is 11.1 Å². The van der Waals surface area contributed by atoms with Gasteiger partial charge in [-0.1, -0.05) is 32.8 Å².